The Kier molecular flexibility index (Phi) is 2.76. The van der Waals surface area contributed by atoms with Crippen LogP contribution in [0.5, 0.6) is 0 Å². The van der Waals surface area contributed by atoms with Gasteiger partial charge >= 0.3 is 0 Å². The van der Waals surface area contributed by atoms with E-state index in [4.69, 9.17) is 0 Å². The highest BCUT2D eigenvalue weighted by atomic mass is 15.6. The predicted octanol–water partition coefficient (Wildman–Crippen LogP) is 2.06. The second-order valence-electron chi connectivity index (χ2n) is 3.57. The number of aromatic nitrogens is 4. The van der Waals surface area contributed by atoms with E-state index in [0.29, 0.717) is 5.82 Å². The zero-order valence-corrected chi connectivity index (χ0v) is 9.01. The minimum Gasteiger partial charge on any atom is -0.164 e. The summed E-state index contributed by atoms with van der Waals surface area (Å²) in [5.41, 5.74) is 2.25. The highest BCUT2D eigenvalue weighted by Crippen LogP contribution is 2.13. The van der Waals surface area contributed by atoms with E-state index in [0.717, 1.165) is 18.5 Å². The molecule has 0 aliphatic rings. The lowest BCUT2D eigenvalue weighted by atomic mass is 10.1. The summed E-state index contributed by atoms with van der Waals surface area (Å²) in [7, 11) is 0. The van der Waals surface area contributed by atoms with Crippen molar-refractivity contribution in [1.29, 1.82) is 0 Å². The van der Waals surface area contributed by atoms with Crippen LogP contribution in [0.15, 0.2) is 24.3 Å². The van der Waals surface area contributed by atoms with Crippen LogP contribution < -0.4 is 0 Å². The highest BCUT2D eigenvalue weighted by Gasteiger charge is 2.04. The molecule has 4 heteroatoms. The van der Waals surface area contributed by atoms with Gasteiger partial charge in [-0.15, -0.1) is 10.2 Å². The lowest BCUT2D eigenvalue weighted by molar-refractivity contribution is 0.515. The quantitative estimate of drug-likeness (QED) is 0.765. The monoisotopic (exact) mass is 202 g/mol. The normalized spacial score (nSPS) is 10.5. The first kappa shape index (κ1) is 9.83. The van der Waals surface area contributed by atoms with E-state index >= 15 is 0 Å². The zero-order chi connectivity index (χ0) is 10.7. The smallest absolute Gasteiger partial charge is 0.164 e. The summed E-state index contributed by atoms with van der Waals surface area (Å²) in [5.74, 6) is 0.698. The number of hydrogen-bond donors (Lipinski definition) is 0. The van der Waals surface area contributed by atoms with Crippen molar-refractivity contribution in [2.24, 2.45) is 0 Å². The fraction of sp³-hybridized carbons (Fsp3) is 0.364. The average molecular weight is 202 g/mol. The maximum atomic E-state index is 4.29. The van der Waals surface area contributed by atoms with Crippen LogP contribution in [-0.4, -0.2) is 20.2 Å². The molecule has 1 heterocycles. The molecule has 0 bridgehead atoms. The first-order valence-electron chi connectivity index (χ1n) is 5.14. The summed E-state index contributed by atoms with van der Waals surface area (Å²) in [4.78, 5) is 1.63. The van der Waals surface area contributed by atoms with Crippen LogP contribution in [0.2, 0.25) is 0 Å². The van der Waals surface area contributed by atoms with Crippen molar-refractivity contribution < 1.29 is 0 Å². The predicted molar refractivity (Wildman–Crippen MR) is 58.3 cm³/mol. The molecule has 78 valence electrons. The van der Waals surface area contributed by atoms with Gasteiger partial charge in [0.1, 0.15) is 0 Å². The van der Waals surface area contributed by atoms with Gasteiger partial charge in [0, 0.05) is 5.56 Å². The fourth-order valence-electron chi connectivity index (χ4n) is 1.36. The second-order valence-corrected chi connectivity index (χ2v) is 3.57. The SMILES string of the molecule is CCCn1nnc(-c2ccc(C)cc2)n1. The third-order valence-corrected chi connectivity index (χ3v) is 2.19. The van der Waals surface area contributed by atoms with Gasteiger partial charge in [0.25, 0.3) is 0 Å². The van der Waals surface area contributed by atoms with Crippen LogP contribution in [0.4, 0.5) is 0 Å². The molecule has 0 fully saturated rings. The van der Waals surface area contributed by atoms with E-state index in [9.17, 15) is 0 Å². The molecule has 0 saturated heterocycles. The van der Waals surface area contributed by atoms with E-state index in [1.807, 2.05) is 12.1 Å². The van der Waals surface area contributed by atoms with Crippen molar-refractivity contribution in [3.05, 3.63) is 29.8 Å². The van der Waals surface area contributed by atoms with Gasteiger partial charge in [-0.25, -0.2) is 0 Å². The Morgan fingerprint density at radius 3 is 2.60 bits per heavy atom. The molecule has 1 aromatic carbocycles. The molecular formula is C11H14N4. The maximum Gasteiger partial charge on any atom is 0.204 e. The number of nitrogens with zero attached hydrogens (tertiary/aromatic N) is 4. The van der Waals surface area contributed by atoms with E-state index in [-0.39, 0.29) is 0 Å². The third-order valence-electron chi connectivity index (χ3n) is 2.19. The lowest BCUT2D eigenvalue weighted by Gasteiger charge is -1.95. The molecule has 0 N–H and O–H groups in total. The Labute approximate surface area is 88.9 Å². The lowest BCUT2D eigenvalue weighted by Crippen LogP contribution is -2.00. The molecule has 4 nitrogen and oxygen atoms in total. The molecule has 0 aliphatic carbocycles. The Morgan fingerprint density at radius 1 is 1.20 bits per heavy atom. The molecule has 0 radical (unpaired) electrons. The first-order chi connectivity index (χ1) is 7.29. The van der Waals surface area contributed by atoms with Crippen LogP contribution in [0.1, 0.15) is 18.9 Å². The van der Waals surface area contributed by atoms with E-state index < -0.39 is 0 Å². The summed E-state index contributed by atoms with van der Waals surface area (Å²) in [6.07, 6.45) is 1.02. The van der Waals surface area contributed by atoms with Crippen molar-refractivity contribution in [3.63, 3.8) is 0 Å². The zero-order valence-electron chi connectivity index (χ0n) is 9.01. The molecule has 0 aliphatic heterocycles. The van der Waals surface area contributed by atoms with Gasteiger partial charge < -0.3 is 0 Å². The second kappa shape index (κ2) is 4.21. The van der Waals surface area contributed by atoms with Gasteiger partial charge in [-0.05, 0) is 18.6 Å². The van der Waals surface area contributed by atoms with Crippen LogP contribution in [0, 0.1) is 6.92 Å². The van der Waals surface area contributed by atoms with Crippen LogP contribution >= 0.6 is 0 Å². The van der Waals surface area contributed by atoms with Gasteiger partial charge in [0.05, 0.1) is 6.54 Å². The molecule has 0 saturated carbocycles. The molecule has 0 amide bonds. The minimum atomic E-state index is 0.698. The first-order valence-corrected chi connectivity index (χ1v) is 5.14. The number of benzene rings is 1. The molecular weight excluding hydrogens is 188 g/mol. The third kappa shape index (κ3) is 2.21. The van der Waals surface area contributed by atoms with Crippen molar-refractivity contribution in [2.45, 2.75) is 26.8 Å². The molecule has 0 spiro atoms. The largest absolute Gasteiger partial charge is 0.204 e. The Morgan fingerprint density at radius 2 is 1.93 bits per heavy atom. The van der Waals surface area contributed by atoms with Crippen molar-refractivity contribution in [2.75, 3.05) is 0 Å². The summed E-state index contributed by atoms with van der Waals surface area (Å²) in [6, 6.07) is 8.14. The maximum absolute atomic E-state index is 4.29. The Hall–Kier alpha value is -1.71. The highest BCUT2D eigenvalue weighted by molar-refractivity contribution is 5.53. The molecule has 0 unspecified atom stereocenters. The van der Waals surface area contributed by atoms with Gasteiger partial charge in [0.15, 0.2) is 0 Å². The number of aryl methyl sites for hydroxylation is 2. The van der Waals surface area contributed by atoms with Gasteiger partial charge in [-0.3, -0.25) is 0 Å². The average Bonchev–Trinajstić information content (AvgIpc) is 2.68. The molecule has 2 aromatic rings. The fourth-order valence-corrected chi connectivity index (χ4v) is 1.36. The number of rotatable bonds is 3. The molecule has 0 atom stereocenters. The summed E-state index contributed by atoms with van der Waals surface area (Å²) >= 11 is 0. The van der Waals surface area contributed by atoms with Gasteiger partial charge in [-0.1, -0.05) is 36.8 Å². The minimum absolute atomic E-state index is 0.698. The van der Waals surface area contributed by atoms with Gasteiger partial charge in [-0.2, -0.15) is 4.80 Å². The standard InChI is InChI=1S/C11H14N4/c1-3-8-15-13-11(12-14-15)10-6-4-9(2)5-7-10/h4-7H,3,8H2,1-2H3. The van der Waals surface area contributed by atoms with E-state index in [2.05, 4.69) is 41.4 Å². The topological polar surface area (TPSA) is 43.6 Å². The summed E-state index contributed by atoms with van der Waals surface area (Å²) in [6.45, 7) is 4.97. The molecule has 1 aromatic heterocycles. The molecule has 15 heavy (non-hydrogen) atoms. The van der Waals surface area contributed by atoms with Crippen molar-refractivity contribution in [1.82, 2.24) is 20.2 Å². The van der Waals surface area contributed by atoms with Gasteiger partial charge in [0.2, 0.25) is 5.82 Å². The Balaban J connectivity index is 2.25. The van der Waals surface area contributed by atoms with E-state index in [1.165, 1.54) is 5.56 Å². The van der Waals surface area contributed by atoms with Crippen molar-refractivity contribution >= 4 is 0 Å². The van der Waals surface area contributed by atoms with Crippen LogP contribution in [0.3, 0.4) is 0 Å². The number of tetrazole rings is 1. The Bertz CT molecular complexity index is 430. The van der Waals surface area contributed by atoms with Crippen molar-refractivity contribution in [3.8, 4) is 11.4 Å². The van der Waals surface area contributed by atoms with Crippen LogP contribution in [0.25, 0.3) is 11.4 Å². The summed E-state index contributed by atoms with van der Waals surface area (Å²) in [5, 5.41) is 12.3. The number of hydrogen-bond acceptors (Lipinski definition) is 3. The van der Waals surface area contributed by atoms with Crippen LogP contribution in [-0.2, 0) is 6.54 Å². The summed E-state index contributed by atoms with van der Waals surface area (Å²) < 4.78 is 0. The van der Waals surface area contributed by atoms with E-state index in [1.54, 1.807) is 4.80 Å². The molecule has 2 rings (SSSR count).